The highest BCUT2D eigenvalue weighted by Crippen LogP contribution is 2.16. The Kier molecular flexibility index (Phi) is 4.66. The van der Waals surface area contributed by atoms with Gasteiger partial charge < -0.3 is 0 Å². The summed E-state index contributed by atoms with van der Waals surface area (Å²) in [6.07, 6.45) is 9.23. The van der Waals surface area contributed by atoms with Gasteiger partial charge in [0.1, 0.15) is 0 Å². The quantitative estimate of drug-likeness (QED) is 0.581. The van der Waals surface area contributed by atoms with Gasteiger partial charge in [-0.15, -0.1) is 0 Å². The summed E-state index contributed by atoms with van der Waals surface area (Å²) in [7, 11) is 0. The van der Waals surface area contributed by atoms with Crippen LogP contribution in [0.4, 0.5) is 0 Å². The second-order valence-electron chi connectivity index (χ2n) is 5.41. The zero-order valence-corrected chi connectivity index (χ0v) is 12.8. The Labute approximate surface area is 136 Å². The van der Waals surface area contributed by atoms with Crippen LogP contribution in [-0.4, -0.2) is 0 Å². The Balaban J connectivity index is 1.61. The number of nitriles is 1. The average molecular weight is 295 g/mol. The Hall–Kier alpha value is -3.11. The molecule has 110 valence electrons. The number of hydrogen-bond acceptors (Lipinski definition) is 1. The third-order valence-corrected chi connectivity index (χ3v) is 3.75. The van der Waals surface area contributed by atoms with Gasteiger partial charge in [0.05, 0.1) is 11.6 Å². The van der Waals surface area contributed by atoms with E-state index in [4.69, 9.17) is 5.26 Å². The van der Waals surface area contributed by atoms with Crippen molar-refractivity contribution < 1.29 is 0 Å². The summed E-state index contributed by atoms with van der Waals surface area (Å²) in [6.45, 7) is 0. The van der Waals surface area contributed by atoms with E-state index in [2.05, 4.69) is 72.8 Å². The Morgan fingerprint density at radius 2 is 1.61 bits per heavy atom. The van der Waals surface area contributed by atoms with Crippen LogP contribution in [0.1, 0.15) is 16.7 Å². The zero-order chi connectivity index (χ0) is 15.9. The smallest absolute Gasteiger partial charge is 0.0991 e. The van der Waals surface area contributed by atoms with E-state index in [-0.39, 0.29) is 0 Å². The van der Waals surface area contributed by atoms with E-state index < -0.39 is 0 Å². The minimum Gasteiger partial charge on any atom is -0.192 e. The molecule has 0 fully saturated rings. The molecule has 0 saturated carbocycles. The minimum absolute atomic E-state index is 0.703. The van der Waals surface area contributed by atoms with Crippen molar-refractivity contribution >= 4 is 16.8 Å². The summed E-state index contributed by atoms with van der Waals surface area (Å²) in [5.41, 5.74) is 3.11. The van der Waals surface area contributed by atoms with Gasteiger partial charge in [-0.3, -0.25) is 0 Å². The van der Waals surface area contributed by atoms with E-state index in [0.29, 0.717) is 5.56 Å². The van der Waals surface area contributed by atoms with Gasteiger partial charge in [0.15, 0.2) is 0 Å². The Morgan fingerprint density at radius 3 is 2.39 bits per heavy atom. The molecule has 3 rings (SSSR count). The predicted molar refractivity (Wildman–Crippen MR) is 97.0 cm³/mol. The molecular weight excluding hydrogens is 278 g/mol. The first-order valence-corrected chi connectivity index (χ1v) is 7.66. The van der Waals surface area contributed by atoms with Gasteiger partial charge in [-0.25, -0.2) is 0 Å². The van der Waals surface area contributed by atoms with Crippen LogP contribution in [0.2, 0.25) is 0 Å². The maximum Gasteiger partial charge on any atom is 0.0991 e. The Bertz CT molecular complexity index is 893. The van der Waals surface area contributed by atoms with Gasteiger partial charge in [0.2, 0.25) is 0 Å². The van der Waals surface area contributed by atoms with Crippen molar-refractivity contribution in [3.05, 3.63) is 102 Å². The third-order valence-electron chi connectivity index (χ3n) is 3.75. The molecule has 23 heavy (non-hydrogen) atoms. The molecule has 0 spiro atoms. The van der Waals surface area contributed by atoms with Crippen LogP contribution in [-0.2, 0) is 6.42 Å². The second-order valence-corrected chi connectivity index (χ2v) is 5.41. The molecule has 0 atom stereocenters. The highest BCUT2D eigenvalue weighted by Gasteiger charge is 1.92. The number of fused-ring (bicyclic) bond motifs is 1. The van der Waals surface area contributed by atoms with Crippen LogP contribution in [0.3, 0.4) is 0 Å². The highest BCUT2D eigenvalue weighted by molar-refractivity contribution is 5.84. The van der Waals surface area contributed by atoms with E-state index in [0.717, 1.165) is 6.42 Å². The van der Waals surface area contributed by atoms with Gasteiger partial charge in [-0.2, -0.15) is 5.26 Å². The number of rotatable bonds is 4. The van der Waals surface area contributed by atoms with E-state index >= 15 is 0 Å². The van der Waals surface area contributed by atoms with Gasteiger partial charge in [0, 0.05) is 0 Å². The first kappa shape index (κ1) is 14.8. The van der Waals surface area contributed by atoms with E-state index in [1.807, 2.05) is 24.3 Å². The van der Waals surface area contributed by atoms with Gasteiger partial charge in [-0.05, 0) is 46.5 Å². The van der Waals surface area contributed by atoms with Crippen molar-refractivity contribution in [3.63, 3.8) is 0 Å². The predicted octanol–water partition coefficient (Wildman–Crippen LogP) is 5.52. The third kappa shape index (κ3) is 3.96. The molecule has 3 aromatic rings. The molecule has 0 amide bonds. The summed E-state index contributed by atoms with van der Waals surface area (Å²) >= 11 is 0. The summed E-state index contributed by atoms with van der Waals surface area (Å²) in [5.74, 6) is 0. The van der Waals surface area contributed by atoms with Gasteiger partial charge in [-0.1, -0.05) is 72.8 Å². The molecule has 0 aliphatic carbocycles. The number of nitrogens with zero attached hydrogens (tertiary/aromatic N) is 1. The van der Waals surface area contributed by atoms with Crippen molar-refractivity contribution in [2.45, 2.75) is 6.42 Å². The van der Waals surface area contributed by atoms with Crippen molar-refractivity contribution in [1.82, 2.24) is 0 Å². The zero-order valence-electron chi connectivity index (χ0n) is 12.8. The van der Waals surface area contributed by atoms with Crippen LogP contribution < -0.4 is 0 Å². The Morgan fingerprint density at radius 1 is 0.826 bits per heavy atom. The fourth-order valence-corrected chi connectivity index (χ4v) is 2.48. The molecule has 0 N–H and O–H groups in total. The number of allylic oxidation sites excluding steroid dienone is 3. The van der Waals surface area contributed by atoms with Crippen LogP contribution in [0.25, 0.3) is 16.8 Å². The molecule has 0 bridgehead atoms. The molecule has 0 aromatic heterocycles. The first-order chi connectivity index (χ1) is 11.3. The molecule has 0 radical (unpaired) electrons. The van der Waals surface area contributed by atoms with Crippen LogP contribution in [0.5, 0.6) is 0 Å². The molecule has 1 nitrogen and oxygen atoms in total. The molecular formula is C22H17N. The minimum atomic E-state index is 0.703. The second kappa shape index (κ2) is 7.24. The average Bonchev–Trinajstić information content (AvgIpc) is 2.62. The summed E-state index contributed by atoms with van der Waals surface area (Å²) in [5, 5.41) is 11.3. The van der Waals surface area contributed by atoms with Gasteiger partial charge in [0.25, 0.3) is 0 Å². The molecule has 0 aliphatic heterocycles. The molecule has 3 aromatic carbocycles. The summed E-state index contributed by atoms with van der Waals surface area (Å²) in [4.78, 5) is 0. The lowest BCUT2D eigenvalue weighted by molar-refractivity contribution is 1.27. The number of hydrogen-bond donors (Lipinski definition) is 0. The standard InChI is InChI=1S/C22H17N/c23-17-20-12-10-18(11-13-20)6-2-1-3-7-19-14-15-21-8-4-5-9-22(21)16-19/h1-5,7-16H,6H2/b2-1+,7-3+. The van der Waals surface area contributed by atoms with Crippen LogP contribution in [0.15, 0.2) is 85.0 Å². The lowest BCUT2D eigenvalue weighted by Crippen LogP contribution is -1.81. The fraction of sp³-hybridized carbons (Fsp3) is 0.0455. The van der Waals surface area contributed by atoms with E-state index in [1.54, 1.807) is 0 Å². The van der Waals surface area contributed by atoms with Crippen molar-refractivity contribution in [2.24, 2.45) is 0 Å². The van der Waals surface area contributed by atoms with Crippen molar-refractivity contribution in [2.75, 3.05) is 0 Å². The van der Waals surface area contributed by atoms with Gasteiger partial charge >= 0.3 is 0 Å². The topological polar surface area (TPSA) is 23.8 Å². The van der Waals surface area contributed by atoms with Crippen molar-refractivity contribution in [3.8, 4) is 6.07 Å². The molecule has 0 unspecified atom stereocenters. The normalized spacial score (nSPS) is 11.3. The summed E-state index contributed by atoms with van der Waals surface area (Å²) < 4.78 is 0. The maximum absolute atomic E-state index is 8.78. The molecule has 0 heterocycles. The fourth-order valence-electron chi connectivity index (χ4n) is 2.48. The van der Waals surface area contributed by atoms with Crippen LogP contribution in [0, 0.1) is 11.3 Å². The lowest BCUT2D eigenvalue weighted by atomic mass is 10.1. The van der Waals surface area contributed by atoms with Crippen LogP contribution >= 0.6 is 0 Å². The maximum atomic E-state index is 8.78. The van der Waals surface area contributed by atoms with E-state index in [9.17, 15) is 0 Å². The molecule has 0 aliphatic rings. The molecule has 1 heteroatoms. The monoisotopic (exact) mass is 295 g/mol. The molecule has 0 saturated heterocycles. The largest absolute Gasteiger partial charge is 0.192 e. The SMILES string of the molecule is N#Cc1ccc(C/C=C/C=C/c2ccc3ccccc3c2)cc1. The number of benzene rings is 3. The first-order valence-electron chi connectivity index (χ1n) is 7.66. The highest BCUT2D eigenvalue weighted by atomic mass is 14.2. The van der Waals surface area contributed by atoms with Crippen molar-refractivity contribution in [1.29, 1.82) is 5.26 Å². The summed E-state index contributed by atoms with van der Waals surface area (Å²) in [6, 6.07) is 24.7. The van der Waals surface area contributed by atoms with E-state index in [1.165, 1.54) is 21.9 Å². The lowest BCUT2D eigenvalue weighted by Gasteiger charge is -1.98.